The summed E-state index contributed by atoms with van der Waals surface area (Å²) in [5.74, 6) is -0.0611. The lowest BCUT2D eigenvalue weighted by Gasteiger charge is -2.00. The van der Waals surface area contributed by atoms with Gasteiger partial charge >= 0.3 is 0 Å². The second kappa shape index (κ2) is 4.99. The Hall–Kier alpha value is -1.27. The average Bonchev–Trinajstić information content (AvgIpc) is 2.90. The van der Waals surface area contributed by atoms with E-state index in [2.05, 4.69) is 14.7 Å². The molecular formula is C9H9N3OS2. The number of nitrogens with one attached hydrogen (secondary N) is 1. The van der Waals surface area contributed by atoms with E-state index in [-0.39, 0.29) is 5.91 Å². The van der Waals surface area contributed by atoms with E-state index in [9.17, 15) is 4.79 Å². The number of carbonyl (C=O) groups is 1. The number of hydrogen-bond donors (Lipinski definition) is 1. The van der Waals surface area contributed by atoms with Crippen molar-refractivity contribution >= 4 is 28.8 Å². The Labute approximate surface area is 95.2 Å². The zero-order valence-corrected chi connectivity index (χ0v) is 9.48. The van der Waals surface area contributed by atoms with Gasteiger partial charge in [0, 0.05) is 30.7 Å². The van der Waals surface area contributed by atoms with Crippen LogP contribution in [0, 0.1) is 0 Å². The van der Waals surface area contributed by atoms with Crippen molar-refractivity contribution in [2.24, 2.45) is 0 Å². The number of thiazole rings is 1. The smallest absolute Gasteiger partial charge is 0.262 e. The quantitative estimate of drug-likeness (QED) is 0.881. The molecule has 2 rings (SSSR count). The van der Waals surface area contributed by atoms with Gasteiger partial charge in [0.1, 0.15) is 4.88 Å². The summed E-state index contributed by atoms with van der Waals surface area (Å²) in [5.41, 5.74) is 0. The van der Waals surface area contributed by atoms with E-state index in [0.29, 0.717) is 11.4 Å². The van der Waals surface area contributed by atoms with Crippen molar-refractivity contribution in [3.63, 3.8) is 0 Å². The van der Waals surface area contributed by atoms with Gasteiger partial charge in [-0.05, 0) is 17.6 Å². The van der Waals surface area contributed by atoms with Crippen molar-refractivity contribution in [2.45, 2.75) is 6.42 Å². The van der Waals surface area contributed by atoms with Crippen LogP contribution in [0.3, 0.4) is 0 Å². The molecule has 0 bridgehead atoms. The van der Waals surface area contributed by atoms with Crippen LogP contribution >= 0.6 is 22.9 Å². The first-order valence-corrected chi connectivity index (χ1v) is 6.09. The van der Waals surface area contributed by atoms with E-state index >= 15 is 0 Å². The van der Waals surface area contributed by atoms with Crippen LogP contribution in [-0.4, -0.2) is 21.8 Å². The van der Waals surface area contributed by atoms with Crippen molar-refractivity contribution in [2.75, 3.05) is 6.54 Å². The lowest BCUT2D eigenvalue weighted by molar-refractivity contribution is 0.0958. The Kier molecular flexibility index (Phi) is 3.41. The lowest BCUT2D eigenvalue weighted by Crippen LogP contribution is -2.24. The highest BCUT2D eigenvalue weighted by atomic mass is 32.1. The number of hydrogen-bond acceptors (Lipinski definition) is 5. The Morgan fingerprint density at radius 1 is 1.47 bits per heavy atom. The first-order chi connectivity index (χ1) is 7.36. The molecule has 0 aliphatic rings. The molecule has 0 aliphatic heterocycles. The van der Waals surface area contributed by atoms with Gasteiger partial charge in [-0.25, -0.2) is 9.36 Å². The molecule has 0 atom stereocenters. The molecule has 6 heteroatoms. The SMILES string of the molecule is O=C(NCCc1nccs1)c1ccns1. The third-order valence-corrected chi connectivity index (χ3v) is 3.35. The molecule has 1 N–H and O–H groups in total. The van der Waals surface area contributed by atoms with E-state index in [4.69, 9.17) is 0 Å². The molecule has 15 heavy (non-hydrogen) atoms. The summed E-state index contributed by atoms with van der Waals surface area (Å²) < 4.78 is 3.87. The van der Waals surface area contributed by atoms with Crippen LogP contribution in [0.5, 0.6) is 0 Å². The molecule has 4 nitrogen and oxygen atoms in total. The van der Waals surface area contributed by atoms with E-state index in [1.165, 1.54) is 11.5 Å². The largest absolute Gasteiger partial charge is 0.351 e. The van der Waals surface area contributed by atoms with Crippen molar-refractivity contribution < 1.29 is 4.79 Å². The third-order valence-electron chi connectivity index (χ3n) is 1.77. The summed E-state index contributed by atoms with van der Waals surface area (Å²) in [7, 11) is 0. The maximum atomic E-state index is 11.5. The summed E-state index contributed by atoms with van der Waals surface area (Å²) in [5, 5.41) is 5.79. The maximum Gasteiger partial charge on any atom is 0.262 e. The minimum absolute atomic E-state index is 0.0611. The fraction of sp³-hybridized carbons (Fsp3) is 0.222. The van der Waals surface area contributed by atoms with Crippen molar-refractivity contribution in [1.29, 1.82) is 0 Å². The Balaban J connectivity index is 1.77. The summed E-state index contributed by atoms with van der Waals surface area (Å²) in [6.45, 7) is 0.615. The highest BCUT2D eigenvalue weighted by Crippen LogP contribution is 2.05. The molecule has 0 radical (unpaired) electrons. The van der Waals surface area contributed by atoms with Gasteiger partial charge in [0.15, 0.2) is 0 Å². The Bertz CT molecular complexity index is 411. The summed E-state index contributed by atoms with van der Waals surface area (Å²) in [4.78, 5) is 16.3. The summed E-state index contributed by atoms with van der Waals surface area (Å²) in [6.07, 6.45) is 4.17. The number of carbonyl (C=O) groups excluding carboxylic acids is 1. The Morgan fingerprint density at radius 2 is 2.40 bits per heavy atom. The topological polar surface area (TPSA) is 54.9 Å². The molecule has 0 aromatic carbocycles. The molecule has 2 aromatic rings. The van der Waals surface area contributed by atoms with Gasteiger partial charge in [-0.3, -0.25) is 4.79 Å². The lowest BCUT2D eigenvalue weighted by atomic mass is 10.4. The summed E-state index contributed by atoms with van der Waals surface area (Å²) in [6, 6.07) is 1.71. The van der Waals surface area contributed by atoms with Crippen LogP contribution in [0.15, 0.2) is 23.8 Å². The Morgan fingerprint density at radius 3 is 3.07 bits per heavy atom. The zero-order chi connectivity index (χ0) is 10.5. The van der Waals surface area contributed by atoms with Crippen molar-refractivity contribution in [3.8, 4) is 0 Å². The molecule has 0 unspecified atom stereocenters. The molecule has 0 saturated carbocycles. The van der Waals surface area contributed by atoms with Gasteiger partial charge in [0.2, 0.25) is 0 Å². The van der Waals surface area contributed by atoms with Gasteiger partial charge in [0.05, 0.1) is 5.01 Å². The van der Waals surface area contributed by atoms with Crippen molar-refractivity contribution in [1.82, 2.24) is 14.7 Å². The van der Waals surface area contributed by atoms with Crippen LogP contribution in [0.4, 0.5) is 0 Å². The normalized spacial score (nSPS) is 10.1. The number of nitrogens with zero attached hydrogens (tertiary/aromatic N) is 2. The van der Waals surface area contributed by atoms with E-state index in [1.807, 2.05) is 5.38 Å². The van der Waals surface area contributed by atoms with Crippen LogP contribution in [0.1, 0.15) is 14.7 Å². The number of amides is 1. The molecule has 0 saturated heterocycles. The number of aromatic nitrogens is 2. The van der Waals surface area contributed by atoms with E-state index < -0.39 is 0 Å². The first kappa shape index (κ1) is 10.3. The standard InChI is InChI=1S/C9H9N3OS2/c13-9(7-1-4-12-15-7)11-3-2-8-10-5-6-14-8/h1,4-6H,2-3H2,(H,11,13). The highest BCUT2D eigenvalue weighted by Gasteiger charge is 2.06. The molecule has 2 aromatic heterocycles. The van der Waals surface area contributed by atoms with E-state index in [1.54, 1.807) is 29.8 Å². The molecule has 0 fully saturated rings. The zero-order valence-electron chi connectivity index (χ0n) is 7.84. The van der Waals surface area contributed by atoms with Gasteiger partial charge in [-0.15, -0.1) is 11.3 Å². The van der Waals surface area contributed by atoms with Crippen LogP contribution in [0.2, 0.25) is 0 Å². The molecule has 0 aliphatic carbocycles. The predicted molar refractivity (Wildman–Crippen MR) is 60.3 cm³/mol. The molecular weight excluding hydrogens is 230 g/mol. The van der Waals surface area contributed by atoms with Gasteiger partial charge in [-0.2, -0.15) is 0 Å². The van der Waals surface area contributed by atoms with Gasteiger partial charge in [-0.1, -0.05) is 0 Å². The molecule has 2 heterocycles. The first-order valence-electron chi connectivity index (χ1n) is 4.43. The maximum absolute atomic E-state index is 11.5. The monoisotopic (exact) mass is 239 g/mol. The highest BCUT2D eigenvalue weighted by molar-refractivity contribution is 7.09. The van der Waals surface area contributed by atoms with Crippen LogP contribution < -0.4 is 5.32 Å². The second-order valence-corrected chi connectivity index (χ2v) is 4.62. The van der Waals surface area contributed by atoms with Gasteiger partial charge < -0.3 is 5.32 Å². The second-order valence-electron chi connectivity index (χ2n) is 2.81. The fourth-order valence-electron chi connectivity index (χ4n) is 1.08. The molecule has 1 amide bonds. The number of rotatable bonds is 4. The van der Waals surface area contributed by atoms with Gasteiger partial charge in [0.25, 0.3) is 5.91 Å². The molecule has 0 spiro atoms. The average molecular weight is 239 g/mol. The molecule has 78 valence electrons. The summed E-state index contributed by atoms with van der Waals surface area (Å²) >= 11 is 2.80. The van der Waals surface area contributed by atoms with Crippen molar-refractivity contribution in [3.05, 3.63) is 33.7 Å². The van der Waals surface area contributed by atoms with Crippen LogP contribution in [0.25, 0.3) is 0 Å². The minimum atomic E-state index is -0.0611. The minimum Gasteiger partial charge on any atom is -0.351 e. The van der Waals surface area contributed by atoms with E-state index in [0.717, 1.165) is 11.4 Å². The predicted octanol–water partition coefficient (Wildman–Crippen LogP) is 1.57. The fourth-order valence-corrected chi connectivity index (χ4v) is 2.21. The van der Waals surface area contributed by atoms with Crippen LogP contribution in [-0.2, 0) is 6.42 Å². The third kappa shape index (κ3) is 2.84.